The number of guanidine groups is 1. The zero-order valence-corrected chi connectivity index (χ0v) is 23.9. The van der Waals surface area contributed by atoms with Crippen molar-refractivity contribution in [2.75, 3.05) is 26.2 Å². The SMILES string of the molecule is C[C@H](CCCNC(=N)N)NC(=O)[C@@H]1CCCN1C(=O)[C@@H]1CCCN1C(=O)C(CCCCN)NC(=O)[C@@H](N)[C@@H](C)O. The monoisotopic (exact) mass is 567 g/mol. The van der Waals surface area contributed by atoms with E-state index in [1.54, 1.807) is 4.90 Å². The number of nitrogens with two attached hydrogens (primary N) is 3. The summed E-state index contributed by atoms with van der Waals surface area (Å²) < 4.78 is 0. The van der Waals surface area contributed by atoms with Gasteiger partial charge in [-0.15, -0.1) is 0 Å². The number of aliphatic hydroxyl groups excluding tert-OH is 1. The average molecular weight is 568 g/mol. The summed E-state index contributed by atoms with van der Waals surface area (Å²) in [6.07, 6.45) is 4.27. The maximum absolute atomic E-state index is 13.7. The van der Waals surface area contributed by atoms with Crippen molar-refractivity contribution >= 4 is 29.6 Å². The Bertz CT molecular complexity index is 887. The zero-order chi connectivity index (χ0) is 29.8. The van der Waals surface area contributed by atoms with Crippen LogP contribution >= 0.6 is 0 Å². The van der Waals surface area contributed by atoms with Crippen LogP contribution in [0.4, 0.5) is 0 Å². The van der Waals surface area contributed by atoms with Crippen molar-refractivity contribution in [3.05, 3.63) is 0 Å². The number of carbonyl (C=O) groups excluding carboxylic acids is 4. The highest BCUT2D eigenvalue weighted by molar-refractivity contribution is 5.95. The van der Waals surface area contributed by atoms with E-state index in [0.29, 0.717) is 77.5 Å². The number of nitrogens with one attached hydrogen (secondary N) is 4. The Morgan fingerprint density at radius 2 is 1.62 bits per heavy atom. The number of unbranched alkanes of at least 4 members (excludes halogenated alkanes) is 1. The van der Waals surface area contributed by atoms with Gasteiger partial charge in [-0.1, -0.05) is 0 Å². The van der Waals surface area contributed by atoms with Crippen LogP contribution in [0.5, 0.6) is 0 Å². The molecule has 14 nitrogen and oxygen atoms in total. The van der Waals surface area contributed by atoms with Gasteiger partial charge in [0.2, 0.25) is 23.6 Å². The van der Waals surface area contributed by atoms with Gasteiger partial charge in [0.1, 0.15) is 24.2 Å². The molecule has 0 aliphatic carbocycles. The Kier molecular flexibility index (Phi) is 13.6. The summed E-state index contributed by atoms with van der Waals surface area (Å²) in [6, 6.07) is -3.51. The van der Waals surface area contributed by atoms with Crippen molar-refractivity contribution < 1.29 is 24.3 Å². The Morgan fingerprint density at radius 1 is 0.975 bits per heavy atom. The summed E-state index contributed by atoms with van der Waals surface area (Å²) in [4.78, 5) is 56.1. The fourth-order valence-electron chi connectivity index (χ4n) is 5.26. The lowest BCUT2D eigenvalue weighted by Gasteiger charge is -2.33. The molecule has 2 aliphatic heterocycles. The van der Waals surface area contributed by atoms with Crippen LogP contribution in [0.3, 0.4) is 0 Å². The number of hydrogen-bond acceptors (Lipinski definition) is 8. The van der Waals surface area contributed by atoms with Gasteiger partial charge in [0.15, 0.2) is 5.96 Å². The van der Waals surface area contributed by atoms with Crippen molar-refractivity contribution in [2.45, 2.75) is 108 Å². The van der Waals surface area contributed by atoms with Gasteiger partial charge in [0.05, 0.1) is 6.10 Å². The smallest absolute Gasteiger partial charge is 0.246 e. The van der Waals surface area contributed by atoms with Gasteiger partial charge in [-0.25, -0.2) is 0 Å². The van der Waals surface area contributed by atoms with E-state index in [1.807, 2.05) is 6.92 Å². The van der Waals surface area contributed by atoms with E-state index in [0.717, 1.165) is 6.42 Å². The van der Waals surface area contributed by atoms with E-state index in [4.69, 9.17) is 22.6 Å². The summed E-state index contributed by atoms with van der Waals surface area (Å²) >= 11 is 0. The van der Waals surface area contributed by atoms with Crippen LogP contribution in [-0.2, 0) is 19.2 Å². The largest absolute Gasteiger partial charge is 0.391 e. The first-order chi connectivity index (χ1) is 19.0. The minimum atomic E-state index is -1.18. The molecule has 2 heterocycles. The van der Waals surface area contributed by atoms with E-state index in [-0.39, 0.29) is 29.7 Å². The van der Waals surface area contributed by atoms with Gasteiger partial charge in [-0.2, -0.15) is 0 Å². The highest BCUT2D eigenvalue weighted by Crippen LogP contribution is 2.26. The normalized spacial score (nSPS) is 21.8. The quantitative estimate of drug-likeness (QED) is 0.0623. The van der Waals surface area contributed by atoms with Crippen LogP contribution in [0.2, 0.25) is 0 Å². The molecule has 11 N–H and O–H groups in total. The summed E-state index contributed by atoms with van der Waals surface area (Å²) in [6.45, 7) is 5.09. The van der Waals surface area contributed by atoms with Crippen LogP contribution in [0, 0.1) is 5.41 Å². The summed E-state index contributed by atoms with van der Waals surface area (Å²) in [5.74, 6) is -1.57. The molecule has 4 amide bonds. The predicted molar refractivity (Wildman–Crippen MR) is 151 cm³/mol. The van der Waals surface area contributed by atoms with E-state index in [2.05, 4.69) is 16.0 Å². The van der Waals surface area contributed by atoms with Crippen molar-refractivity contribution in [2.24, 2.45) is 17.2 Å². The third-order valence-corrected chi connectivity index (χ3v) is 7.56. The number of rotatable bonds is 15. The fraction of sp³-hybridized carbons (Fsp3) is 0.808. The lowest BCUT2D eigenvalue weighted by Crippen LogP contribution is -2.58. The van der Waals surface area contributed by atoms with Gasteiger partial charge in [-0.3, -0.25) is 24.6 Å². The predicted octanol–water partition coefficient (Wildman–Crippen LogP) is -1.94. The molecule has 0 radical (unpaired) electrons. The molecule has 2 saturated heterocycles. The molecule has 228 valence electrons. The molecule has 0 bridgehead atoms. The number of likely N-dealkylation sites (tertiary alicyclic amines) is 2. The molecule has 2 fully saturated rings. The molecular weight excluding hydrogens is 518 g/mol. The van der Waals surface area contributed by atoms with Crippen LogP contribution in [0.15, 0.2) is 0 Å². The Morgan fingerprint density at radius 3 is 2.25 bits per heavy atom. The molecule has 2 rings (SSSR count). The molecule has 0 aromatic heterocycles. The first kappa shape index (κ1) is 33.2. The van der Waals surface area contributed by atoms with Gasteiger partial charge >= 0.3 is 0 Å². The molecule has 14 heteroatoms. The first-order valence-electron chi connectivity index (χ1n) is 14.4. The van der Waals surface area contributed by atoms with Gasteiger partial charge in [0, 0.05) is 25.7 Å². The summed E-state index contributed by atoms with van der Waals surface area (Å²) in [7, 11) is 0. The summed E-state index contributed by atoms with van der Waals surface area (Å²) in [5, 5.41) is 25.3. The van der Waals surface area contributed by atoms with E-state index in [9.17, 15) is 24.3 Å². The van der Waals surface area contributed by atoms with E-state index >= 15 is 0 Å². The molecule has 0 saturated carbocycles. The second kappa shape index (κ2) is 16.3. The minimum absolute atomic E-state index is 0.0937. The van der Waals surface area contributed by atoms with Crippen LogP contribution in [0.25, 0.3) is 0 Å². The van der Waals surface area contributed by atoms with Crippen molar-refractivity contribution in [1.82, 2.24) is 25.8 Å². The number of nitrogens with zero attached hydrogens (tertiary/aromatic N) is 2. The lowest BCUT2D eigenvalue weighted by atomic mass is 10.1. The second-order valence-electron chi connectivity index (χ2n) is 10.9. The van der Waals surface area contributed by atoms with Gasteiger partial charge in [-0.05, 0) is 78.2 Å². The minimum Gasteiger partial charge on any atom is -0.391 e. The van der Waals surface area contributed by atoms with Crippen molar-refractivity contribution in [1.29, 1.82) is 5.41 Å². The number of aliphatic hydroxyl groups is 1. The molecule has 1 unspecified atom stereocenters. The first-order valence-corrected chi connectivity index (χ1v) is 14.4. The Hall–Kier alpha value is -2.97. The third-order valence-electron chi connectivity index (χ3n) is 7.56. The molecule has 2 aliphatic rings. The standard InChI is InChI=1S/C26H49N9O5/c1-16(8-5-13-31-26(29)30)32-22(37)19-10-6-14-34(19)25(40)20-11-7-15-35(20)24(39)18(9-3-4-12-27)33-23(38)21(28)17(2)36/h16-21,36H,3-15,27-28H2,1-2H3,(H,32,37)(H,33,38)(H4,29,30,31)/t16-,17-,18?,19+,20+,21+/m1/s1. The number of amides is 4. The Labute approximate surface area is 236 Å². The molecular formula is C26H49N9O5. The van der Waals surface area contributed by atoms with Crippen LogP contribution in [0.1, 0.15) is 71.6 Å². The van der Waals surface area contributed by atoms with Crippen LogP contribution < -0.4 is 33.2 Å². The Balaban J connectivity index is 2.05. The van der Waals surface area contributed by atoms with E-state index in [1.165, 1.54) is 11.8 Å². The lowest BCUT2D eigenvalue weighted by molar-refractivity contribution is -0.148. The second-order valence-corrected chi connectivity index (χ2v) is 10.9. The van der Waals surface area contributed by atoms with E-state index < -0.39 is 36.2 Å². The molecule has 40 heavy (non-hydrogen) atoms. The maximum atomic E-state index is 13.7. The average Bonchev–Trinajstić information content (AvgIpc) is 3.59. The topological polar surface area (TPSA) is 233 Å². The van der Waals surface area contributed by atoms with Crippen molar-refractivity contribution in [3.8, 4) is 0 Å². The molecule has 6 atom stereocenters. The zero-order valence-electron chi connectivity index (χ0n) is 23.9. The highest BCUT2D eigenvalue weighted by atomic mass is 16.3. The third kappa shape index (κ3) is 9.59. The molecule has 0 aromatic carbocycles. The van der Waals surface area contributed by atoms with Crippen LogP contribution in [-0.4, -0.2) is 107 Å². The fourth-order valence-corrected chi connectivity index (χ4v) is 5.26. The summed E-state index contributed by atoms with van der Waals surface area (Å²) in [5.41, 5.74) is 16.7. The maximum Gasteiger partial charge on any atom is 0.246 e. The highest BCUT2D eigenvalue weighted by Gasteiger charge is 2.43. The van der Waals surface area contributed by atoms with Crippen molar-refractivity contribution in [3.63, 3.8) is 0 Å². The van der Waals surface area contributed by atoms with Gasteiger partial charge in [0.25, 0.3) is 0 Å². The van der Waals surface area contributed by atoms with Gasteiger partial charge < -0.3 is 48.1 Å². The molecule has 0 spiro atoms. The molecule has 0 aromatic rings. The number of hydrogen-bond donors (Lipinski definition) is 8. The number of carbonyl (C=O) groups is 4.